The van der Waals surface area contributed by atoms with Crippen molar-refractivity contribution in [1.82, 2.24) is 19.6 Å². The Morgan fingerprint density at radius 2 is 1.78 bits per heavy atom. The average molecular weight is 495 g/mol. The Morgan fingerprint density at radius 1 is 1.03 bits per heavy atom. The summed E-state index contributed by atoms with van der Waals surface area (Å²) in [5.74, 6) is 1.34. The molecule has 0 unspecified atom stereocenters. The minimum Gasteiger partial charge on any atom is -0.491 e. The van der Waals surface area contributed by atoms with Gasteiger partial charge in [-0.25, -0.2) is 0 Å². The summed E-state index contributed by atoms with van der Waals surface area (Å²) in [4.78, 5) is 30.6. The molecule has 2 aliphatic rings. The number of likely N-dealkylation sites (tertiary alicyclic amines) is 1. The molecular weight excluding hydrogens is 452 g/mol. The lowest BCUT2D eigenvalue weighted by Crippen LogP contribution is -2.51. The maximum atomic E-state index is 13.7. The molecule has 0 radical (unpaired) electrons. The highest BCUT2D eigenvalue weighted by Gasteiger charge is 2.43. The van der Waals surface area contributed by atoms with Crippen molar-refractivity contribution in [1.29, 1.82) is 0 Å². The van der Waals surface area contributed by atoms with Crippen LogP contribution < -0.4 is 4.74 Å². The molecule has 4 rings (SSSR count). The quantitative estimate of drug-likeness (QED) is 0.640. The van der Waals surface area contributed by atoms with Crippen LogP contribution in [0.3, 0.4) is 0 Å². The Bertz CT molecular complexity index is 1070. The Hall–Kier alpha value is -2.83. The molecule has 0 saturated carbocycles. The van der Waals surface area contributed by atoms with Crippen LogP contribution in [0.15, 0.2) is 24.3 Å². The van der Waals surface area contributed by atoms with Crippen LogP contribution in [0.5, 0.6) is 5.75 Å². The molecule has 2 amide bonds. The number of carbonyl (C=O) groups is 2. The van der Waals surface area contributed by atoms with E-state index >= 15 is 0 Å². The first-order valence-corrected chi connectivity index (χ1v) is 13.5. The summed E-state index contributed by atoms with van der Waals surface area (Å²) in [7, 11) is 3.84. The maximum Gasteiger partial charge on any atom is 0.228 e. The molecule has 0 N–H and O–H groups in total. The van der Waals surface area contributed by atoms with Gasteiger partial charge >= 0.3 is 0 Å². The Morgan fingerprint density at radius 3 is 2.50 bits per heavy atom. The Kier molecular flexibility index (Phi) is 8.37. The van der Waals surface area contributed by atoms with E-state index < -0.39 is 0 Å². The molecule has 2 aliphatic heterocycles. The van der Waals surface area contributed by atoms with E-state index in [1.54, 1.807) is 0 Å². The number of likely N-dealkylation sites (N-methyl/N-ethyl adjacent to an activating group) is 1. The van der Waals surface area contributed by atoms with E-state index in [0.29, 0.717) is 32.7 Å². The number of carbonyl (C=O) groups excluding carboxylic acids is 2. The van der Waals surface area contributed by atoms with Gasteiger partial charge in [-0.3, -0.25) is 14.3 Å². The van der Waals surface area contributed by atoms with Gasteiger partial charge in [0, 0.05) is 39.3 Å². The molecule has 1 spiro atoms. The fourth-order valence-electron chi connectivity index (χ4n) is 5.93. The third-order valence-electron chi connectivity index (χ3n) is 8.38. The molecule has 1 aromatic heterocycles. The largest absolute Gasteiger partial charge is 0.491 e. The van der Waals surface area contributed by atoms with Gasteiger partial charge in [0.25, 0.3) is 0 Å². The topological polar surface area (TPSA) is 67.7 Å². The second-order valence-electron chi connectivity index (χ2n) is 10.7. The van der Waals surface area contributed by atoms with E-state index in [1.807, 2.05) is 47.6 Å². The third kappa shape index (κ3) is 5.76. The summed E-state index contributed by atoms with van der Waals surface area (Å²) in [5.41, 5.74) is 4.19. The lowest BCUT2D eigenvalue weighted by atomic mass is 9.73. The number of nitrogens with zero attached hydrogens (tertiary/aromatic N) is 4. The summed E-state index contributed by atoms with van der Waals surface area (Å²) >= 11 is 0. The number of benzene rings is 1. The van der Waals surface area contributed by atoms with E-state index in [9.17, 15) is 9.59 Å². The van der Waals surface area contributed by atoms with Gasteiger partial charge in [0.2, 0.25) is 11.8 Å². The standard InChI is InChI=1S/C29H42N4O3/c1-22-25(23(2)32(4)30-22)13-14-27(34)33-18-16-29(17-19-33)15-9-5-6-10-24-11-7-8-12-26(24)36-21-20-31(3)28(29)35/h7-8,11-12H,5-6,9-10,13-21H2,1-4H3. The molecule has 2 aromatic rings. The number of fused-ring (bicyclic) bond motifs is 1. The van der Waals surface area contributed by atoms with Gasteiger partial charge in [-0.05, 0) is 69.6 Å². The molecule has 1 saturated heterocycles. The number of hydrogen-bond acceptors (Lipinski definition) is 4. The monoisotopic (exact) mass is 494 g/mol. The fraction of sp³-hybridized carbons (Fsp3) is 0.621. The van der Waals surface area contributed by atoms with Crippen molar-refractivity contribution in [2.24, 2.45) is 12.5 Å². The van der Waals surface area contributed by atoms with E-state index in [2.05, 4.69) is 24.2 Å². The molecule has 0 aliphatic carbocycles. The molecule has 7 nitrogen and oxygen atoms in total. The number of ether oxygens (including phenoxy) is 1. The normalized spacial score (nSPS) is 19.2. The van der Waals surface area contributed by atoms with Crippen LogP contribution in [0, 0.1) is 19.3 Å². The van der Waals surface area contributed by atoms with Crippen LogP contribution in [-0.2, 0) is 29.5 Å². The van der Waals surface area contributed by atoms with Crippen LogP contribution in [0.25, 0.3) is 0 Å². The zero-order chi connectivity index (χ0) is 25.7. The second kappa shape index (κ2) is 11.5. The number of piperidine rings is 1. The first-order chi connectivity index (χ1) is 17.3. The van der Waals surface area contributed by atoms with Gasteiger partial charge in [0.05, 0.1) is 17.7 Å². The van der Waals surface area contributed by atoms with Crippen LogP contribution >= 0.6 is 0 Å². The molecule has 0 bridgehead atoms. The van der Waals surface area contributed by atoms with Gasteiger partial charge in [-0.2, -0.15) is 5.10 Å². The summed E-state index contributed by atoms with van der Waals surface area (Å²) < 4.78 is 7.96. The van der Waals surface area contributed by atoms with Gasteiger partial charge in [0.1, 0.15) is 12.4 Å². The lowest BCUT2D eigenvalue weighted by Gasteiger charge is -2.42. The number of para-hydroxylation sites is 1. The first kappa shape index (κ1) is 26.2. The molecule has 196 valence electrons. The molecule has 1 fully saturated rings. The third-order valence-corrected chi connectivity index (χ3v) is 8.38. The smallest absolute Gasteiger partial charge is 0.228 e. The summed E-state index contributed by atoms with van der Waals surface area (Å²) in [6.45, 7) is 6.45. The van der Waals surface area contributed by atoms with Crippen molar-refractivity contribution < 1.29 is 14.3 Å². The van der Waals surface area contributed by atoms with Crippen LogP contribution in [0.1, 0.15) is 67.5 Å². The van der Waals surface area contributed by atoms with Gasteiger partial charge in [0.15, 0.2) is 0 Å². The molecule has 0 atom stereocenters. The van der Waals surface area contributed by atoms with Crippen molar-refractivity contribution in [2.45, 2.75) is 71.6 Å². The Labute approximate surface area is 215 Å². The number of aryl methyl sites for hydroxylation is 3. The number of hydrogen-bond donors (Lipinski definition) is 0. The highest BCUT2D eigenvalue weighted by atomic mass is 16.5. The second-order valence-corrected chi connectivity index (χ2v) is 10.7. The first-order valence-electron chi connectivity index (χ1n) is 13.5. The minimum atomic E-state index is -0.372. The number of aromatic nitrogens is 2. The highest BCUT2D eigenvalue weighted by molar-refractivity contribution is 5.83. The molecule has 7 heteroatoms. The van der Waals surface area contributed by atoms with Gasteiger partial charge in [-0.15, -0.1) is 0 Å². The molecule has 1 aromatic carbocycles. The Balaban J connectivity index is 1.37. The van der Waals surface area contributed by atoms with Crippen LogP contribution in [-0.4, -0.2) is 64.7 Å². The van der Waals surface area contributed by atoms with Gasteiger partial charge in [-0.1, -0.05) is 31.0 Å². The average Bonchev–Trinajstić information content (AvgIpc) is 3.13. The highest BCUT2D eigenvalue weighted by Crippen LogP contribution is 2.39. The van der Waals surface area contributed by atoms with E-state index in [4.69, 9.17) is 4.74 Å². The predicted molar refractivity (Wildman–Crippen MR) is 141 cm³/mol. The number of rotatable bonds is 3. The maximum absolute atomic E-state index is 13.7. The van der Waals surface area contributed by atoms with E-state index in [-0.39, 0.29) is 17.2 Å². The summed E-state index contributed by atoms with van der Waals surface area (Å²) in [6, 6.07) is 8.25. The van der Waals surface area contributed by atoms with Crippen molar-refractivity contribution >= 4 is 11.8 Å². The van der Waals surface area contributed by atoms with E-state index in [0.717, 1.165) is 68.5 Å². The van der Waals surface area contributed by atoms with Crippen molar-refractivity contribution in [3.63, 3.8) is 0 Å². The predicted octanol–water partition coefficient (Wildman–Crippen LogP) is 4.23. The summed E-state index contributed by atoms with van der Waals surface area (Å²) in [6.07, 6.45) is 7.83. The van der Waals surface area contributed by atoms with Crippen molar-refractivity contribution in [3.8, 4) is 5.75 Å². The zero-order valence-corrected chi connectivity index (χ0v) is 22.5. The fourth-order valence-corrected chi connectivity index (χ4v) is 5.93. The SMILES string of the molecule is Cc1nn(C)c(C)c1CCC(=O)N1CCC2(CCCCCc3ccccc3OCCN(C)C2=O)CC1. The number of amides is 2. The van der Waals surface area contributed by atoms with Crippen LogP contribution in [0.2, 0.25) is 0 Å². The van der Waals surface area contributed by atoms with Crippen molar-refractivity contribution in [3.05, 3.63) is 46.8 Å². The molecule has 36 heavy (non-hydrogen) atoms. The van der Waals surface area contributed by atoms with Crippen molar-refractivity contribution in [2.75, 3.05) is 33.3 Å². The van der Waals surface area contributed by atoms with Gasteiger partial charge < -0.3 is 14.5 Å². The molecule has 3 heterocycles. The van der Waals surface area contributed by atoms with Crippen LogP contribution in [0.4, 0.5) is 0 Å². The summed E-state index contributed by atoms with van der Waals surface area (Å²) in [5, 5.41) is 4.48. The minimum absolute atomic E-state index is 0.184. The van der Waals surface area contributed by atoms with E-state index in [1.165, 1.54) is 11.1 Å². The lowest BCUT2D eigenvalue weighted by molar-refractivity contribution is -0.148. The molecular formula is C29H42N4O3. The zero-order valence-electron chi connectivity index (χ0n) is 22.5.